The van der Waals surface area contributed by atoms with Gasteiger partial charge in [0.15, 0.2) is 0 Å². The van der Waals surface area contributed by atoms with Crippen molar-refractivity contribution in [2.24, 2.45) is 5.41 Å². The van der Waals surface area contributed by atoms with E-state index in [0.717, 1.165) is 6.54 Å². The third kappa shape index (κ3) is 5.01. The van der Waals surface area contributed by atoms with Crippen LogP contribution >= 0.6 is 0 Å². The summed E-state index contributed by atoms with van der Waals surface area (Å²) in [7, 11) is 0. The molecule has 16 heavy (non-hydrogen) atoms. The van der Waals surface area contributed by atoms with Gasteiger partial charge in [0, 0.05) is 6.54 Å². The summed E-state index contributed by atoms with van der Waals surface area (Å²) < 4.78 is 6.00. The van der Waals surface area contributed by atoms with E-state index in [1.165, 1.54) is 25.7 Å². The number of ether oxygens (including phenoxy) is 1. The molecule has 1 fully saturated rings. The Kier molecular flexibility index (Phi) is 5.31. The number of rotatable bonds is 5. The van der Waals surface area contributed by atoms with Crippen molar-refractivity contribution >= 4 is 0 Å². The van der Waals surface area contributed by atoms with Crippen LogP contribution < -0.4 is 5.32 Å². The molecular weight excluding hydrogens is 198 g/mol. The van der Waals surface area contributed by atoms with Crippen LogP contribution in [0.1, 0.15) is 46.5 Å². The molecule has 0 aliphatic heterocycles. The average Bonchev–Trinajstić information content (AvgIpc) is 2.22. The molecule has 0 spiro atoms. The van der Waals surface area contributed by atoms with Gasteiger partial charge in [0.2, 0.25) is 0 Å². The highest BCUT2D eigenvalue weighted by Gasteiger charge is 2.27. The van der Waals surface area contributed by atoms with Gasteiger partial charge in [0.25, 0.3) is 0 Å². The summed E-state index contributed by atoms with van der Waals surface area (Å²) in [6.45, 7) is 8.29. The van der Waals surface area contributed by atoms with Crippen molar-refractivity contribution in [2.45, 2.75) is 58.7 Å². The molecule has 0 saturated heterocycles. The van der Waals surface area contributed by atoms with Gasteiger partial charge in [0.1, 0.15) is 0 Å². The number of hydrogen-bond donors (Lipinski definition) is 1. The molecule has 1 aliphatic carbocycles. The first-order valence-electron chi connectivity index (χ1n) is 6.33. The van der Waals surface area contributed by atoms with Gasteiger partial charge < -0.3 is 10.1 Å². The molecule has 0 aromatic heterocycles. The van der Waals surface area contributed by atoms with Gasteiger partial charge in [-0.15, -0.1) is 6.42 Å². The summed E-state index contributed by atoms with van der Waals surface area (Å²) in [6, 6.07) is 0. The summed E-state index contributed by atoms with van der Waals surface area (Å²) >= 11 is 0. The maximum atomic E-state index is 6.00. The third-order valence-electron chi connectivity index (χ3n) is 3.37. The Bertz CT molecular complexity index is 232. The highest BCUT2D eigenvalue weighted by molar-refractivity contribution is 4.86. The molecule has 1 N–H and O–H groups in total. The summed E-state index contributed by atoms with van der Waals surface area (Å²) in [5.74, 6) is 2.57. The highest BCUT2D eigenvalue weighted by Crippen LogP contribution is 2.36. The van der Waals surface area contributed by atoms with Gasteiger partial charge >= 0.3 is 0 Å². The van der Waals surface area contributed by atoms with E-state index in [1.807, 2.05) is 0 Å². The Morgan fingerprint density at radius 3 is 2.62 bits per heavy atom. The first-order chi connectivity index (χ1) is 7.53. The molecule has 1 rings (SSSR count). The van der Waals surface area contributed by atoms with Crippen LogP contribution in [0.15, 0.2) is 0 Å². The first-order valence-corrected chi connectivity index (χ1v) is 6.33. The molecule has 1 saturated carbocycles. The highest BCUT2D eigenvalue weighted by atomic mass is 16.5. The Labute approximate surface area is 100 Å². The zero-order valence-electron chi connectivity index (χ0n) is 10.9. The molecule has 2 nitrogen and oxygen atoms in total. The topological polar surface area (TPSA) is 21.3 Å². The molecule has 0 aromatic rings. The largest absolute Gasteiger partial charge is 0.374 e. The van der Waals surface area contributed by atoms with E-state index in [4.69, 9.17) is 11.2 Å². The lowest BCUT2D eigenvalue weighted by atomic mass is 9.76. The molecule has 1 atom stereocenters. The first kappa shape index (κ1) is 13.5. The molecule has 1 aliphatic rings. The van der Waals surface area contributed by atoms with Crippen LogP contribution in [0.2, 0.25) is 0 Å². The predicted molar refractivity (Wildman–Crippen MR) is 68.3 cm³/mol. The molecular formula is C14H25NO. The lowest BCUT2D eigenvalue weighted by Crippen LogP contribution is -2.33. The third-order valence-corrected chi connectivity index (χ3v) is 3.37. The van der Waals surface area contributed by atoms with Crippen molar-refractivity contribution in [3.05, 3.63) is 0 Å². The molecule has 0 heterocycles. The van der Waals surface area contributed by atoms with Crippen LogP contribution in [0.3, 0.4) is 0 Å². The van der Waals surface area contributed by atoms with Crippen LogP contribution in [-0.4, -0.2) is 25.3 Å². The number of hydrogen-bond acceptors (Lipinski definition) is 2. The smallest absolute Gasteiger partial charge is 0.0675 e. The molecule has 92 valence electrons. The molecule has 1 unspecified atom stereocenters. The van der Waals surface area contributed by atoms with Gasteiger partial charge in [-0.3, -0.25) is 0 Å². The van der Waals surface area contributed by atoms with Crippen molar-refractivity contribution in [2.75, 3.05) is 13.1 Å². The van der Waals surface area contributed by atoms with E-state index >= 15 is 0 Å². The van der Waals surface area contributed by atoms with Crippen molar-refractivity contribution < 1.29 is 4.74 Å². The van der Waals surface area contributed by atoms with Crippen LogP contribution in [0.25, 0.3) is 0 Å². The van der Waals surface area contributed by atoms with Crippen molar-refractivity contribution in [3.8, 4) is 12.3 Å². The van der Waals surface area contributed by atoms with Crippen LogP contribution in [0.4, 0.5) is 0 Å². The lowest BCUT2D eigenvalue weighted by Gasteiger charge is -2.35. The molecule has 0 amide bonds. The minimum Gasteiger partial charge on any atom is -0.374 e. The molecule has 0 radical (unpaired) electrons. The maximum absolute atomic E-state index is 6.00. The molecule has 0 aromatic carbocycles. The fraction of sp³-hybridized carbons (Fsp3) is 0.857. The normalized spacial score (nSPS) is 22.6. The van der Waals surface area contributed by atoms with Gasteiger partial charge in [-0.2, -0.15) is 0 Å². The minimum absolute atomic E-state index is 0.263. The van der Waals surface area contributed by atoms with Crippen LogP contribution in [0.5, 0.6) is 0 Å². The van der Waals surface area contributed by atoms with E-state index in [1.54, 1.807) is 0 Å². The van der Waals surface area contributed by atoms with Gasteiger partial charge in [-0.1, -0.05) is 19.8 Å². The van der Waals surface area contributed by atoms with E-state index < -0.39 is 0 Å². The van der Waals surface area contributed by atoms with Gasteiger partial charge in [-0.05, 0) is 38.0 Å². The lowest BCUT2D eigenvalue weighted by molar-refractivity contribution is -0.0361. The molecule has 0 bridgehead atoms. The maximum Gasteiger partial charge on any atom is 0.0675 e. The fourth-order valence-electron chi connectivity index (χ4n) is 2.23. The van der Waals surface area contributed by atoms with Crippen molar-refractivity contribution in [3.63, 3.8) is 0 Å². The van der Waals surface area contributed by atoms with E-state index in [-0.39, 0.29) is 6.10 Å². The van der Waals surface area contributed by atoms with E-state index in [2.05, 4.69) is 32.0 Å². The second-order valence-electron chi connectivity index (χ2n) is 5.65. The Morgan fingerprint density at radius 1 is 1.44 bits per heavy atom. The second-order valence-corrected chi connectivity index (χ2v) is 5.65. The van der Waals surface area contributed by atoms with E-state index in [9.17, 15) is 0 Å². The monoisotopic (exact) mass is 223 g/mol. The minimum atomic E-state index is 0.263. The fourth-order valence-corrected chi connectivity index (χ4v) is 2.23. The Hall–Kier alpha value is -0.520. The second kappa shape index (κ2) is 6.27. The Balaban J connectivity index is 2.16. The predicted octanol–water partition coefficient (Wildman–Crippen LogP) is 2.58. The van der Waals surface area contributed by atoms with Gasteiger partial charge in [-0.25, -0.2) is 0 Å². The average molecular weight is 223 g/mol. The summed E-state index contributed by atoms with van der Waals surface area (Å²) in [4.78, 5) is 0. The molecule has 2 heteroatoms. The quantitative estimate of drug-likeness (QED) is 0.571. The van der Waals surface area contributed by atoms with Crippen LogP contribution in [-0.2, 0) is 4.74 Å². The summed E-state index contributed by atoms with van der Waals surface area (Å²) in [5.41, 5.74) is 0.519. The van der Waals surface area contributed by atoms with Crippen molar-refractivity contribution in [1.29, 1.82) is 0 Å². The SMILES string of the molecule is C#CCNCC(C)OC1CCC(C)(C)CC1. The summed E-state index contributed by atoms with van der Waals surface area (Å²) in [6.07, 6.45) is 10.9. The van der Waals surface area contributed by atoms with Gasteiger partial charge in [0.05, 0.1) is 18.8 Å². The van der Waals surface area contributed by atoms with E-state index in [0.29, 0.717) is 18.1 Å². The summed E-state index contributed by atoms with van der Waals surface area (Å²) in [5, 5.41) is 3.18. The number of terminal acetylenes is 1. The number of nitrogens with one attached hydrogen (secondary N) is 1. The van der Waals surface area contributed by atoms with Crippen molar-refractivity contribution in [1.82, 2.24) is 5.32 Å². The standard InChI is InChI=1S/C14H25NO/c1-5-10-15-11-12(2)16-13-6-8-14(3,4)9-7-13/h1,12-13,15H,6-11H2,2-4H3. The van der Waals surface area contributed by atoms with Crippen LogP contribution in [0, 0.1) is 17.8 Å². The zero-order valence-corrected chi connectivity index (χ0v) is 10.9. The Morgan fingerprint density at radius 2 is 2.06 bits per heavy atom. The zero-order chi connectivity index (χ0) is 12.0.